The number of aromatic hydroxyl groups is 1. The second kappa shape index (κ2) is 8.52. The Morgan fingerprint density at radius 1 is 1.04 bits per heavy atom. The molecule has 0 aliphatic rings. The van der Waals surface area contributed by atoms with Crippen molar-refractivity contribution in [3.05, 3.63) is 59.2 Å². The highest BCUT2D eigenvalue weighted by Gasteiger charge is 2.21. The van der Waals surface area contributed by atoms with Gasteiger partial charge in [0.15, 0.2) is 5.78 Å². The monoisotopic (exact) mass is 355 g/mol. The smallest absolute Gasteiger partial charge is 0.336 e. The maximum Gasteiger partial charge on any atom is 0.336 e. The number of ketones is 1. The molecule has 0 radical (unpaired) electrons. The molecule has 2 N–H and O–H groups in total. The number of phenolic OH excluding ortho intramolecular Hbond substituents is 1. The molecule has 0 unspecified atom stereocenters. The quantitative estimate of drug-likeness (QED) is 0.694. The molecule has 0 heterocycles. The summed E-state index contributed by atoms with van der Waals surface area (Å²) in [6.45, 7) is 8.05. The zero-order chi connectivity index (χ0) is 19.3. The van der Waals surface area contributed by atoms with Crippen molar-refractivity contribution in [3.63, 3.8) is 0 Å². The van der Waals surface area contributed by atoms with Crippen molar-refractivity contribution in [2.45, 2.75) is 27.2 Å². The molecule has 2 aromatic carbocycles. The topological polar surface area (TPSA) is 77.8 Å². The Morgan fingerprint density at radius 2 is 1.69 bits per heavy atom. The SMILES string of the molecule is CCCN(CC(C)C)c1ccc(C(=O)c2ccccc2C(=O)O)c(O)c1. The van der Waals surface area contributed by atoms with Gasteiger partial charge in [-0.2, -0.15) is 0 Å². The van der Waals surface area contributed by atoms with Crippen molar-refractivity contribution < 1.29 is 19.8 Å². The van der Waals surface area contributed by atoms with Crippen molar-refractivity contribution >= 4 is 17.4 Å². The van der Waals surface area contributed by atoms with Crippen molar-refractivity contribution in [1.29, 1.82) is 0 Å². The maximum atomic E-state index is 12.7. The minimum atomic E-state index is -1.17. The number of anilines is 1. The predicted octanol–water partition coefficient (Wildman–Crippen LogP) is 4.19. The van der Waals surface area contributed by atoms with E-state index >= 15 is 0 Å². The molecule has 0 fully saturated rings. The van der Waals surface area contributed by atoms with Gasteiger partial charge in [-0.1, -0.05) is 39.0 Å². The molecule has 26 heavy (non-hydrogen) atoms. The second-order valence-corrected chi connectivity index (χ2v) is 6.72. The van der Waals surface area contributed by atoms with Gasteiger partial charge in [-0.25, -0.2) is 4.79 Å². The van der Waals surface area contributed by atoms with Gasteiger partial charge in [-0.05, 0) is 30.5 Å². The van der Waals surface area contributed by atoms with E-state index in [9.17, 15) is 19.8 Å². The van der Waals surface area contributed by atoms with Gasteiger partial charge < -0.3 is 15.1 Å². The number of benzene rings is 2. The highest BCUT2D eigenvalue weighted by atomic mass is 16.4. The van der Waals surface area contributed by atoms with E-state index in [0.717, 1.165) is 25.2 Å². The van der Waals surface area contributed by atoms with Crippen molar-refractivity contribution in [1.82, 2.24) is 0 Å². The minimum absolute atomic E-state index is 0.0654. The summed E-state index contributed by atoms with van der Waals surface area (Å²) in [6, 6.07) is 11.0. The third-order valence-corrected chi connectivity index (χ3v) is 4.07. The molecular formula is C21H25NO4. The lowest BCUT2D eigenvalue weighted by atomic mass is 9.97. The molecule has 0 aliphatic carbocycles. The van der Waals surface area contributed by atoms with Crippen LogP contribution in [0, 0.1) is 5.92 Å². The number of aromatic carboxylic acids is 1. The summed E-state index contributed by atoms with van der Waals surface area (Å²) in [7, 11) is 0. The molecule has 0 saturated carbocycles. The first kappa shape index (κ1) is 19.5. The van der Waals surface area contributed by atoms with Crippen LogP contribution in [0.15, 0.2) is 42.5 Å². The number of hydrogen-bond donors (Lipinski definition) is 2. The molecular weight excluding hydrogens is 330 g/mol. The highest BCUT2D eigenvalue weighted by molar-refractivity contribution is 6.15. The van der Waals surface area contributed by atoms with Crippen LogP contribution in [0.3, 0.4) is 0 Å². The normalized spacial score (nSPS) is 10.8. The van der Waals surface area contributed by atoms with Crippen LogP contribution in [0.2, 0.25) is 0 Å². The Morgan fingerprint density at radius 3 is 2.23 bits per heavy atom. The lowest BCUT2D eigenvalue weighted by Crippen LogP contribution is -2.28. The van der Waals surface area contributed by atoms with Gasteiger partial charge >= 0.3 is 5.97 Å². The van der Waals surface area contributed by atoms with Crippen molar-refractivity contribution in [2.75, 3.05) is 18.0 Å². The van der Waals surface area contributed by atoms with Crippen LogP contribution < -0.4 is 4.90 Å². The Hall–Kier alpha value is -2.82. The summed E-state index contributed by atoms with van der Waals surface area (Å²) in [4.78, 5) is 26.2. The Kier molecular flexibility index (Phi) is 6.39. The van der Waals surface area contributed by atoms with Crippen LogP contribution in [-0.2, 0) is 0 Å². The summed E-state index contributed by atoms with van der Waals surface area (Å²) < 4.78 is 0. The number of carbonyl (C=O) groups excluding carboxylic acids is 1. The maximum absolute atomic E-state index is 12.7. The average molecular weight is 355 g/mol. The zero-order valence-electron chi connectivity index (χ0n) is 15.4. The first-order valence-corrected chi connectivity index (χ1v) is 8.80. The van der Waals surface area contributed by atoms with Crippen LogP contribution in [-0.4, -0.2) is 35.1 Å². The van der Waals surface area contributed by atoms with Crippen LogP contribution in [0.25, 0.3) is 0 Å². The number of phenols is 1. The van der Waals surface area contributed by atoms with E-state index in [1.165, 1.54) is 12.1 Å². The molecule has 0 aliphatic heterocycles. The number of carboxylic acids is 1. The van der Waals surface area contributed by atoms with Crippen molar-refractivity contribution in [3.8, 4) is 5.75 Å². The van der Waals surface area contributed by atoms with E-state index in [4.69, 9.17) is 0 Å². The van der Waals surface area contributed by atoms with E-state index in [1.807, 2.05) is 0 Å². The second-order valence-electron chi connectivity index (χ2n) is 6.72. The Bertz CT molecular complexity index is 798. The first-order valence-electron chi connectivity index (χ1n) is 8.80. The van der Waals surface area contributed by atoms with Crippen LogP contribution >= 0.6 is 0 Å². The fraction of sp³-hybridized carbons (Fsp3) is 0.333. The third-order valence-electron chi connectivity index (χ3n) is 4.07. The first-order chi connectivity index (χ1) is 12.3. The lowest BCUT2D eigenvalue weighted by molar-refractivity contribution is 0.0692. The number of carbonyl (C=O) groups is 2. The molecule has 138 valence electrons. The van der Waals surface area contributed by atoms with Gasteiger partial charge in [-0.15, -0.1) is 0 Å². The number of carboxylic acid groups (broad SMARTS) is 1. The molecule has 0 saturated heterocycles. The summed E-state index contributed by atoms with van der Waals surface area (Å²) >= 11 is 0. The van der Waals surface area contributed by atoms with Gasteiger partial charge in [0.25, 0.3) is 0 Å². The summed E-state index contributed by atoms with van der Waals surface area (Å²) in [5.74, 6) is -1.35. The van der Waals surface area contributed by atoms with Crippen LogP contribution in [0.1, 0.15) is 53.5 Å². The fourth-order valence-corrected chi connectivity index (χ4v) is 2.96. The highest BCUT2D eigenvalue weighted by Crippen LogP contribution is 2.28. The molecule has 0 spiro atoms. The van der Waals surface area contributed by atoms with Gasteiger partial charge in [-0.3, -0.25) is 4.79 Å². The third kappa shape index (κ3) is 4.42. The van der Waals surface area contributed by atoms with E-state index < -0.39 is 11.8 Å². The van der Waals surface area contributed by atoms with Crippen LogP contribution in [0.4, 0.5) is 5.69 Å². The summed E-state index contributed by atoms with van der Waals surface area (Å²) in [6.07, 6.45) is 0.972. The lowest BCUT2D eigenvalue weighted by Gasteiger charge is -2.26. The Balaban J connectivity index is 2.38. The number of rotatable bonds is 8. The molecule has 5 nitrogen and oxygen atoms in total. The standard InChI is InChI=1S/C21H25NO4/c1-4-11-22(13-14(2)3)15-9-10-18(19(23)12-15)20(24)16-7-5-6-8-17(16)21(25)26/h5-10,12,14,23H,4,11,13H2,1-3H3,(H,25,26). The molecule has 0 amide bonds. The largest absolute Gasteiger partial charge is 0.507 e. The molecule has 2 rings (SSSR count). The summed E-state index contributed by atoms with van der Waals surface area (Å²) in [5, 5.41) is 19.7. The minimum Gasteiger partial charge on any atom is -0.507 e. The van der Waals surface area contributed by atoms with E-state index in [-0.39, 0.29) is 22.4 Å². The fourth-order valence-electron chi connectivity index (χ4n) is 2.96. The van der Waals surface area contributed by atoms with Gasteiger partial charge in [0.2, 0.25) is 0 Å². The van der Waals surface area contributed by atoms with Gasteiger partial charge in [0.1, 0.15) is 5.75 Å². The molecule has 0 atom stereocenters. The predicted molar refractivity (Wildman–Crippen MR) is 102 cm³/mol. The van der Waals surface area contributed by atoms with Gasteiger partial charge in [0.05, 0.1) is 11.1 Å². The average Bonchev–Trinajstić information content (AvgIpc) is 2.60. The van der Waals surface area contributed by atoms with E-state index in [1.54, 1.807) is 30.3 Å². The Labute approximate surface area is 153 Å². The summed E-state index contributed by atoms with van der Waals surface area (Å²) in [5.41, 5.74) is 0.939. The van der Waals surface area contributed by atoms with Gasteiger partial charge in [0, 0.05) is 30.4 Å². The molecule has 5 heteroatoms. The van der Waals surface area contributed by atoms with E-state index in [2.05, 4.69) is 25.7 Å². The zero-order valence-corrected chi connectivity index (χ0v) is 15.4. The molecule has 0 bridgehead atoms. The van der Waals surface area contributed by atoms with E-state index in [0.29, 0.717) is 5.92 Å². The molecule has 0 aromatic heterocycles. The van der Waals surface area contributed by atoms with Crippen molar-refractivity contribution in [2.24, 2.45) is 5.92 Å². The molecule has 2 aromatic rings. The van der Waals surface area contributed by atoms with Crippen LogP contribution in [0.5, 0.6) is 5.75 Å². The number of nitrogens with zero attached hydrogens (tertiary/aromatic N) is 1. The number of hydrogen-bond acceptors (Lipinski definition) is 4.